The lowest BCUT2D eigenvalue weighted by Crippen LogP contribution is -2.60. The third-order valence-electron chi connectivity index (χ3n) is 8.17. The molecule has 1 aliphatic rings. The summed E-state index contributed by atoms with van der Waals surface area (Å²) in [6, 6.07) is 45.1. The van der Waals surface area contributed by atoms with Gasteiger partial charge in [0.05, 0.1) is 37.6 Å². The zero-order valence-corrected chi connectivity index (χ0v) is 28.1. The van der Waals surface area contributed by atoms with Gasteiger partial charge in [0.15, 0.2) is 6.10 Å². The molecular formula is C41H38O8S. The van der Waals surface area contributed by atoms with E-state index in [1.165, 1.54) is 23.9 Å². The number of carbonyl (C=O) groups excluding carboxylic acids is 1. The molecule has 0 aromatic heterocycles. The van der Waals surface area contributed by atoms with Gasteiger partial charge in [-0.05, 0) is 41.0 Å². The van der Waals surface area contributed by atoms with Crippen LogP contribution in [0.4, 0.5) is 0 Å². The average molecular weight is 691 g/mol. The fourth-order valence-corrected chi connectivity index (χ4v) is 6.83. The number of benzene rings is 5. The monoisotopic (exact) mass is 690 g/mol. The van der Waals surface area contributed by atoms with Crippen LogP contribution in [0.5, 0.6) is 0 Å². The second-order valence-electron chi connectivity index (χ2n) is 11.7. The lowest BCUT2D eigenvalue weighted by molar-refractivity contribution is -0.240. The third kappa shape index (κ3) is 9.47. The second-order valence-corrected chi connectivity index (χ2v) is 12.9. The quantitative estimate of drug-likeness (QED) is 0.110. The van der Waals surface area contributed by atoms with E-state index in [4.69, 9.17) is 23.7 Å². The first kappa shape index (κ1) is 35.1. The van der Waals surface area contributed by atoms with Crippen LogP contribution in [0, 0.1) is 0 Å². The largest absolute Gasteiger partial charge is 0.478 e. The summed E-state index contributed by atoms with van der Waals surface area (Å²) >= 11 is 1.49. The van der Waals surface area contributed by atoms with E-state index in [1.54, 1.807) is 12.1 Å². The molecule has 0 amide bonds. The smallest absolute Gasteiger partial charge is 0.339 e. The molecule has 1 N–H and O–H groups in total. The van der Waals surface area contributed by atoms with Crippen molar-refractivity contribution in [3.63, 3.8) is 0 Å². The Morgan fingerprint density at radius 3 is 1.62 bits per heavy atom. The van der Waals surface area contributed by atoms with Crippen LogP contribution >= 0.6 is 11.8 Å². The Kier molecular flexibility index (Phi) is 12.5. The molecule has 1 fully saturated rings. The van der Waals surface area contributed by atoms with E-state index in [-0.39, 0.29) is 30.9 Å². The number of hydrogen-bond donors (Lipinski definition) is 1. The highest BCUT2D eigenvalue weighted by Gasteiger charge is 2.50. The number of thioether (sulfide) groups is 1. The molecular weight excluding hydrogens is 653 g/mol. The molecule has 1 saturated heterocycles. The van der Waals surface area contributed by atoms with Gasteiger partial charge in [0, 0.05) is 4.90 Å². The molecule has 0 unspecified atom stereocenters. The summed E-state index contributed by atoms with van der Waals surface area (Å²) in [6.07, 6.45) is -3.38. The van der Waals surface area contributed by atoms with Gasteiger partial charge < -0.3 is 28.8 Å². The van der Waals surface area contributed by atoms with Crippen molar-refractivity contribution >= 4 is 23.7 Å². The van der Waals surface area contributed by atoms with Gasteiger partial charge in [-0.3, -0.25) is 0 Å². The number of carboxylic acids is 1. The summed E-state index contributed by atoms with van der Waals surface area (Å²) in [6.45, 7) is 0.833. The fraction of sp³-hybridized carbons (Fsp3) is 0.220. The highest BCUT2D eigenvalue weighted by Crippen LogP contribution is 2.38. The van der Waals surface area contributed by atoms with Crippen LogP contribution in [-0.4, -0.2) is 53.5 Å². The fourth-order valence-electron chi connectivity index (χ4n) is 5.68. The molecule has 9 heteroatoms. The van der Waals surface area contributed by atoms with E-state index in [9.17, 15) is 14.7 Å². The summed E-state index contributed by atoms with van der Waals surface area (Å²) in [7, 11) is 0. The van der Waals surface area contributed by atoms with Crippen molar-refractivity contribution in [3.05, 3.63) is 173 Å². The van der Waals surface area contributed by atoms with E-state index < -0.39 is 41.8 Å². The van der Waals surface area contributed by atoms with Crippen molar-refractivity contribution in [1.29, 1.82) is 0 Å². The summed E-state index contributed by atoms with van der Waals surface area (Å²) in [4.78, 5) is 26.9. The maximum Gasteiger partial charge on any atom is 0.339 e. The Bertz CT molecular complexity index is 1790. The molecule has 1 aliphatic heterocycles. The van der Waals surface area contributed by atoms with Crippen molar-refractivity contribution in [3.8, 4) is 0 Å². The number of ether oxygens (including phenoxy) is 5. The average Bonchev–Trinajstić information content (AvgIpc) is 3.16. The van der Waals surface area contributed by atoms with Gasteiger partial charge in [0.2, 0.25) is 0 Å². The Morgan fingerprint density at radius 2 is 1.06 bits per heavy atom. The van der Waals surface area contributed by atoms with E-state index in [0.29, 0.717) is 6.61 Å². The van der Waals surface area contributed by atoms with Gasteiger partial charge in [-0.1, -0.05) is 133 Å². The minimum Gasteiger partial charge on any atom is -0.478 e. The maximum atomic E-state index is 13.9. The SMILES string of the molecule is O=C(O)c1ccccc1C(=O)O[C@@H]1[C@H](OCc2ccccc2)[C@@H](OCc2ccccc2)[C@H](Sc2ccccc2)O[C@@H]1COCc1ccccc1. The van der Waals surface area contributed by atoms with Crippen molar-refractivity contribution in [2.75, 3.05) is 6.61 Å². The zero-order valence-electron chi connectivity index (χ0n) is 27.3. The molecule has 5 aromatic carbocycles. The first-order valence-electron chi connectivity index (χ1n) is 16.4. The molecule has 0 saturated carbocycles. The molecule has 5 atom stereocenters. The molecule has 0 aliphatic carbocycles. The van der Waals surface area contributed by atoms with E-state index >= 15 is 0 Å². The van der Waals surface area contributed by atoms with Crippen LogP contribution in [0.2, 0.25) is 0 Å². The lowest BCUT2D eigenvalue weighted by atomic mass is 9.98. The van der Waals surface area contributed by atoms with E-state index in [0.717, 1.165) is 21.6 Å². The normalized spacial score (nSPS) is 20.2. The Hall–Kier alpha value is -4.77. The van der Waals surface area contributed by atoms with Crippen LogP contribution in [0.3, 0.4) is 0 Å². The summed E-state index contributed by atoms with van der Waals surface area (Å²) in [5.41, 5.74) is 2.02. The Morgan fingerprint density at radius 1 is 0.580 bits per heavy atom. The number of aromatic carboxylic acids is 1. The van der Waals surface area contributed by atoms with Crippen molar-refractivity contribution in [2.24, 2.45) is 0 Å². The number of rotatable bonds is 15. The van der Waals surface area contributed by atoms with Crippen LogP contribution in [-0.2, 0) is 43.5 Å². The Labute approximate surface area is 295 Å². The third-order valence-corrected chi connectivity index (χ3v) is 9.33. The van der Waals surface area contributed by atoms with Gasteiger partial charge in [0.1, 0.15) is 23.7 Å². The van der Waals surface area contributed by atoms with Gasteiger partial charge >= 0.3 is 11.9 Å². The van der Waals surface area contributed by atoms with Gasteiger partial charge in [-0.15, -0.1) is 0 Å². The van der Waals surface area contributed by atoms with Gasteiger partial charge in [0.25, 0.3) is 0 Å². The van der Waals surface area contributed by atoms with E-state index in [1.807, 2.05) is 121 Å². The number of carboxylic acid groups (broad SMARTS) is 1. The first-order chi connectivity index (χ1) is 24.5. The molecule has 8 nitrogen and oxygen atoms in total. The number of carbonyl (C=O) groups is 2. The molecule has 6 rings (SSSR count). The highest BCUT2D eigenvalue weighted by molar-refractivity contribution is 7.99. The summed E-state index contributed by atoms with van der Waals surface area (Å²) in [5.74, 6) is -2.05. The predicted molar refractivity (Wildman–Crippen MR) is 190 cm³/mol. The zero-order chi connectivity index (χ0) is 34.5. The molecule has 50 heavy (non-hydrogen) atoms. The minimum absolute atomic E-state index is 0.0653. The van der Waals surface area contributed by atoms with Crippen LogP contribution in [0.25, 0.3) is 0 Å². The molecule has 256 valence electrons. The van der Waals surface area contributed by atoms with Gasteiger partial charge in [-0.2, -0.15) is 0 Å². The van der Waals surface area contributed by atoms with Crippen LogP contribution in [0.1, 0.15) is 37.4 Å². The molecule has 0 spiro atoms. The highest BCUT2D eigenvalue weighted by atomic mass is 32.2. The van der Waals surface area contributed by atoms with Crippen LogP contribution < -0.4 is 0 Å². The van der Waals surface area contributed by atoms with Crippen LogP contribution in [0.15, 0.2) is 150 Å². The molecule has 5 aromatic rings. The number of hydrogen-bond acceptors (Lipinski definition) is 8. The molecule has 0 radical (unpaired) electrons. The summed E-state index contributed by atoms with van der Waals surface area (Å²) in [5, 5.41) is 9.85. The second kappa shape index (κ2) is 17.8. The van der Waals surface area contributed by atoms with Crippen molar-refractivity contribution in [2.45, 2.75) is 54.6 Å². The summed E-state index contributed by atoms with van der Waals surface area (Å²) < 4.78 is 32.6. The van der Waals surface area contributed by atoms with Crippen molar-refractivity contribution in [1.82, 2.24) is 0 Å². The predicted octanol–water partition coefficient (Wildman–Crippen LogP) is 7.82. The topological polar surface area (TPSA) is 101 Å². The standard InChI is InChI=1S/C41H38O8S/c42-39(43)33-23-13-14-24-34(33)40(44)49-36-35(28-45-25-29-15-5-1-6-16-29)48-41(50-32-21-11-4-12-22-32)38(47-27-31-19-9-3-10-20-31)37(36)46-26-30-17-7-2-8-18-30/h1-24,35-38,41H,25-28H2,(H,42,43)/t35-,36+,37+,38-,41+/m1/s1. The van der Waals surface area contributed by atoms with Gasteiger partial charge in [-0.25, -0.2) is 9.59 Å². The molecule has 0 bridgehead atoms. The number of esters is 1. The minimum atomic E-state index is -1.24. The van der Waals surface area contributed by atoms with Crippen molar-refractivity contribution < 1.29 is 38.4 Å². The van der Waals surface area contributed by atoms with E-state index in [2.05, 4.69) is 0 Å². The first-order valence-corrected chi connectivity index (χ1v) is 17.3. The Balaban J connectivity index is 1.37. The lowest BCUT2D eigenvalue weighted by Gasteiger charge is -2.45. The molecule has 1 heterocycles. The maximum absolute atomic E-state index is 13.9.